The summed E-state index contributed by atoms with van der Waals surface area (Å²) in [4.78, 5) is 14.0. The van der Waals surface area contributed by atoms with Crippen LogP contribution in [-0.2, 0) is 6.42 Å². The van der Waals surface area contributed by atoms with E-state index >= 15 is 0 Å². The first kappa shape index (κ1) is 16.2. The number of aliphatic hydroxyl groups excluding tert-OH is 1. The number of aliphatic hydroxyl groups is 1. The van der Waals surface area contributed by atoms with Crippen LogP contribution in [0.2, 0.25) is 0 Å². The van der Waals surface area contributed by atoms with E-state index in [4.69, 9.17) is 5.11 Å². The van der Waals surface area contributed by atoms with Gasteiger partial charge in [-0.3, -0.25) is 4.79 Å². The lowest BCUT2D eigenvalue weighted by Gasteiger charge is -2.22. The van der Waals surface area contributed by atoms with Crippen LogP contribution in [0.25, 0.3) is 0 Å². The van der Waals surface area contributed by atoms with Crippen LogP contribution in [0.1, 0.15) is 21.5 Å². The van der Waals surface area contributed by atoms with E-state index in [1.54, 1.807) is 19.1 Å². The highest BCUT2D eigenvalue weighted by Gasteiger charge is 2.19. The van der Waals surface area contributed by atoms with Crippen molar-refractivity contribution in [3.05, 3.63) is 71.0 Å². The summed E-state index contributed by atoms with van der Waals surface area (Å²) in [6, 6.07) is 14.6. The molecule has 116 valence electrons. The van der Waals surface area contributed by atoms with Crippen molar-refractivity contribution in [2.75, 3.05) is 19.7 Å². The molecular weight excluding hydrogens is 281 g/mol. The SMILES string of the molecule is Cc1cccc(C(=O)N(CCO)CCc2ccccc2)c1F. The topological polar surface area (TPSA) is 40.5 Å². The van der Waals surface area contributed by atoms with Crippen molar-refractivity contribution >= 4 is 5.91 Å². The van der Waals surface area contributed by atoms with Gasteiger partial charge in [-0.05, 0) is 30.5 Å². The molecule has 0 spiro atoms. The molecule has 3 nitrogen and oxygen atoms in total. The molecule has 0 aromatic heterocycles. The quantitative estimate of drug-likeness (QED) is 0.891. The molecule has 0 fully saturated rings. The molecule has 0 unspecified atom stereocenters. The molecule has 1 N–H and O–H groups in total. The molecule has 1 amide bonds. The number of benzene rings is 2. The number of hydrogen-bond acceptors (Lipinski definition) is 2. The fraction of sp³-hybridized carbons (Fsp3) is 0.278. The number of carbonyl (C=O) groups is 1. The molecule has 0 radical (unpaired) electrons. The second kappa shape index (κ2) is 7.71. The minimum Gasteiger partial charge on any atom is -0.395 e. The fourth-order valence-corrected chi connectivity index (χ4v) is 2.33. The van der Waals surface area contributed by atoms with Crippen molar-refractivity contribution in [2.45, 2.75) is 13.3 Å². The second-order valence-electron chi connectivity index (χ2n) is 5.19. The van der Waals surface area contributed by atoms with E-state index in [1.807, 2.05) is 30.3 Å². The van der Waals surface area contributed by atoms with Gasteiger partial charge in [0, 0.05) is 13.1 Å². The molecule has 0 saturated carbocycles. The minimum atomic E-state index is -0.491. The summed E-state index contributed by atoms with van der Waals surface area (Å²) in [5.41, 5.74) is 1.60. The van der Waals surface area contributed by atoms with Gasteiger partial charge in [-0.15, -0.1) is 0 Å². The molecule has 0 aliphatic heterocycles. The molecule has 2 rings (SSSR count). The summed E-state index contributed by atoms with van der Waals surface area (Å²) in [7, 11) is 0. The van der Waals surface area contributed by atoms with E-state index in [0.29, 0.717) is 18.5 Å². The summed E-state index contributed by atoms with van der Waals surface area (Å²) < 4.78 is 14.1. The Morgan fingerprint density at radius 2 is 1.82 bits per heavy atom. The van der Waals surface area contributed by atoms with Crippen molar-refractivity contribution < 1.29 is 14.3 Å². The van der Waals surface area contributed by atoms with Crippen molar-refractivity contribution in [3.8, 4) is 0 Å². The van der Waals surface area contributed by atoms with E-state index < -0.39 is 5.82 Å². The first-order valence-corrected chi connectivity index (χ1v) is 7.32. The second-order valence-corrected chi connectivity index (χ2v) is 5.19. The first-order chi connectivity index (χ1) is 10.6. The Morgan fingerprint density at radius 1 is 1.09 bits per heavy atom. The molecule has 0 atom stereocenters. The monoisotopic (exact) mass is 301 g/mol. The molecule has 2 aromatic carbocycles. The van der Waals surface area contributed by atoms with E-state index in [1.165, 1.54) is 11.0 Å². The van der Waals surface area contributed by atoms with Gasteiger partial charge in [0.15, 0.2) is 0 Å². The molecule has 0 aliphatic rings. The molecule has 0 aliphatic carbocycles. The van der Waals surface area contributed by atoms with Crippen LogP contribution in [0, 0.1) is 12.7 Å². The zero-order chi connectivity index (χ0) is 15.9. The zero-order valence-corrected chi connectivity index (χ0v) is 12.6. The number of rotatable bonds is 6. The van der Waals surface area contributed by atoms with Gasteiger partial charge in [0.2, 0.25) is 0 Å². The standard InChI is InChI=1S/C18H20FNO2/c1-14-6-5-9-16(17(14)19)18(22)20(12-13-21)11-10-15-7-3-2-4-8-15/h2-9,21H,10-13H2,1H3. The molecular formula is C18H20FNO2. The van der Waals surface area contributed by atoms with Gasteiger partial charge in [-0.25, -0.2) is 4.39 Å². The average Bonchev–Trinajstić information content (AvgIpc) is 2.54. The van der Waals surface area contributed by atoms with Crippen LogP contribution in [0.5, 0.6) is 0 Å². The lowest BCUT2D eigenvalue weighted by molar-refractivity contribution is 0.0719. The zero-order valence-electron chi connectivity index (χ0n) is 12.6. The minimum absolute atomic E-state index is 0.0570. The predicted octanol–water partition coefficient (Wildman–Crippen LogP) is 2.81. The van der Waals surface area contributed by atoms with Crippen molar-refractivity contribution in [1.29, 1.82) is 0 Å². The molecule has 2 aromatic rings. The maximum atomic E-state index is 14.1. The van der Waals surface area contributed by atoms with E-state index in [2.05, 4.69) is 0 Å². The molecule has 0 heterocycles. The van der Waals surface area contributed by atoms with E-state index in [9.17, 15) is 9.18 Å². The number of nitrogens with zero attached hydrogens (tertiary/aromatic N) is 1. The van der Waals surface area contributed by atoms with Crippen LogP contribution >= 0.6 is 0 Å². The Balaban J connectivity index is 2.13. The number of carbonyl (C=O) groups excluding carboxylic acids is 1. The Kier molecular flexibility index (Phi) is 5.67. The lowest BCUT2D eigenvalue weighted by atomic mass is 10.1. The van der Waals surface area contributed by atoms with Crippen molar-refractivity contribution in [1.82, 2.24) is 4.90 Å². The highest BCUT2D eigenvalue weighted by atomic mass is 19.1. The van der Waals surface area contributed by atoms with Crippen LogP contribution in [-0.4, -0.2) is 35.6 Å². The number of aryl methyl sites for hydroxylation is 1. The normalized spacial score (nSPS) is 10.5. The Hall–Kier alpha value is -2.20. The predicted molar refractivity (Wildman–Crippen MR) is 84.3 cm³/mol. The largest absolute Gasteiger partial charge is 0.395 e. The van der Waals surface area contributed by atoms with Gasteiger partial charge in [-0.1, -0.05) is 42.5 Å². The average molecular weight is 301 g/mol. The van der Waals surface area contributed by atoms with E-state index in [0.717, 1.165) is 5.56 Å². The van der Waals surface area contributed by atoms with Gasteiger partial charge in [0.25, 0.3) is 5.91 Å². The molecule has 0 saturated heterocycles. The number of amides is 1. The van der Waals surface area contributed by atoms with Gasteiger partial charge in [0.05, 0.1) is 12.2 Å². The van der Waals surface area contributed by atoms with Crippen molar-refractivity contribution in [2.24, 2.45) is 0 Å². The Labute approximate surface area is 130 Å². The van der Waals surface area contributed by atoms with E-state index in [-0.39, 0.29) is 24.6 Å². The third kappa shape index (κ3) is 3.92. The smallest absolute Gasteiger partial charge is 0.256 e. The maximum absolute atomic E-state index is 14.1. The van der Waals surface area contributed by atoms with Crippen LogP contribution in [0.3, 0.4) is 0 Å². The first-order valence-electron chi connectivity index (χ1n) is 7.32. The highest BCUT2D eigenvalue weighted by molar-refractivity contribution is 5.94. The third-order valence-electron chi connectivity index (χ3n) is 3.59. The summed E-state index contributed by atoms with van der Waals surface area (Å²) in [6.07, 6.45) is 0.667. The highest BCUT2D eigenvalue weighted by Crippen LogP contribution is 2.15. The summed E-state index contributed by atoms with van der Waals surface area (Å²) in [6.45, 7) is 2.12. The molecule has 4 heteroatoms. The number of halogens is 1. The molecule has 22 heavy (non-hydrogen) atoms. The molecule has 0 bridgehead atoms. The third-order valence-corrected chi connectivity index (χ3v) is 3.59. The van der Waals surface area contributed by atoms with Gasteiger partial charge < -0.3 is 10.0 Å². The summed E-state index contributed by atoms with van der Waals surface area (Å²) in [5.74, 6) is -0.874. The Bertz CT molecular complexity index is 628. The maximum Gasteiger partial charge on any atom is 0.256 e. The van der Waals surface area contributed by atoms with Crippen LogP contribution in [0.4, 0.5) is 4.39 Å². The van der Waals surface area contributed by atoms with Gasteiger partial charge in [-0.2, -0.15) is 0 Å². The summed E-state index contributed by atoms with van der Waals surface area (Å²) >= 11 is 0. The lowest BCUT2D eigenvalue weighted by Crippen LogP contribution is -2.36. The van der Waals surface area contributed by atoms with Gasteiger partial charge in [0.1, 0.15) is 5.82 Å². The van der Waals surface area contributed by atoms with Crippen LogP contribution < -0.4 is 0 Å². The Morgan fingerprint density at radius 3 is 2.50 bits per heavy atom. The summed E-state index contributed by atoms with van der Waals surface area (Å²) in [5, 5.41) is 9.17. The van der Waals surface area contributed by atoms with Crippen molar-refractivity contribution in [3.63, 3.8) is 0 Å². The van der Waals surface area contributed by atoms with Crippen LogP contribution in [0.15, 0.2) is 48.5 Å². The fourth-order valence-electron chi connectivity index (χ4n) is 2.33. The van der Waals surface area contributed by atoms with Gasteiger partial charge >= 0.3 is 0 Å². The number of hydrogen-bond donors (Lipinski definition) is 1.